The second-order valence-corrected chi connectivity index (χ2v) is 31.9. The molecule has 0 bridgehead atoms. The molecule has 502 valence electrons. The van der Waals surface area contributed by atoms with Gasteiger partial charge in [0.15, 0.2) is 0 Å². The maximum Gasteiger partial charge on any atom is 0.0482 e. The largest absolute Gasteiger partial charge is 0.310 e. The summed E-state index contributed by atoms with van der Waals surface area (Å²) in [5, 5.41) is 11.3. The summed E-state index contributed by atoms with van der Waals surface area (Å²) in [7, 11) is 0. The molecule has 4 nitrogen and oxygen atoms in total. The number of fused-ring (bicyclic) bond motifs is 12. The number of hydrogen-bond donors (Lipinski definition) is 0. The van der Waals surface area contributed by atoms with Crippen LogP contribution in [-0.2, 0) is 0 Å². The fourth-order valence-electron chi connectivity index (χ4n) is 15.3. The summed E-state index contributed by atoms with van der Waals surface area (Å²) in [6.45, 7) is 0. The maximum atomic E-state index is 7.44. The summed E-state index contributed by atoms with van der Waals surface area (Å²) < 4.78 is 10.1. The van der Waals surface area contributed by atoms with Gasteiger partial charge in [-0.05, 0) is 215 Å². The third-order valence-corrected chi connectivity index (χ3v) is 25.3. The van der Waals surface area contributed by atoms with Gasteiger partial charge in [0, 0.05) is 159 Å². The van der Waals surface area contributed by atoms with E-state index in [0.717, 1.165) is 96.1 Å². The Hall–Kier alpha value is -11.8. The third kappa shape index (κ3) is 11.7. The number of anilines is 12. The van der Waals surface area contributed by atoms with Crippen molar-refractivity contribution in [1.82, 2.24) is 0 Å². The molecule has 4 aromatic heterocycles. The molecular formula is C96H60Cl2N4S4. The zero-order chi connectivity index (χ0) is 70.3. The zero-order valence-corrected chi connectivity index (χ0v) is 61.6. The highest BCUT2D eigenvalue weighted by Crippen LogP contribution is 2.50. The molecule has 20 rings (SSSR count). The van der Waals surface area contributed by atoms with Gasteiger partial charge in [-0.1, -0.05) is 205 Å². The van der Waals surface area contributed by atoms with Crippen molar-refractivity contribution >= 4 is 217 Å². The Kier molecular flexibility index (Phi) is 16.1. The van der Waals surface area contributed by atoms with Crippen LogP contribution >= 0.6 is 68.5 Å². The highest BCUT2D eigenvalue weighted by Gasteiger charge is 2.24. The molecule has 4 heterocycles. The van der Waals surface area contributed by atoms with E-state index in [2.05, 4.69) is 365 Å². The molecule has 0 amide bonds. The van der Waals surface area contributed by atoms with Crippen LogP contribution in [0.15, 0.2) is 364 Å². The minimum atomic E-state index is 0.640. The molecule has 106 heavy (non-hydrogen) atoms. The Morgan fingerprint density at radius 1 is 0.151 bits per heavy atom. The van der Waals surface area contributed by atoms with Crippen LogP contribution in [0.3, 0.4) is 0 Å². The van der Waals surface area contributed by atoms with E-state index >= 15 is 0 Å². The van der Waals surface area contributed by atoms with Gasteiger partial charge < -0.3 is 19.6 Å². The second kappa shape index (κ2) is 26.7. The number of nitrogens with zero attached hydrogens (tertiary/aromatic N) is 4. The quantitative estimate of drug-likeness (QED) is 0.101. The summed E-state index contributed by atoms with van der Waals surface area (Å²) in [6.07, 6.45) is 0. The van der Waals surface area contributed by atoms with Crippen molar-refractivity contribution in [2.24, 2.45) is 0 Å². The molecule has 0 aliphatic heterocycles. The Morgan fingerprint density at radius 3 is 0.896 bits per heavy atom. The van der Waals surface area contributed by atoms with E-state index in [0.29, 0.717) is 10.0 Å². The number of hydrogen-bond acceptors (Lipinski definition) is 8. The van der Waals surface area contributed by atoms with Crippen LogP contribution in [-0.4, -0.2) is 0 Å². The summed E-state index contributed by atoms with van der Waals surface area (Å²) in [4.78, 5) is 9.47. The molecule has 0 unspecified atom stereocenters. The molecule has 16 aromatic carbocycles. The van der Waals surface area contributed by atoms with Crippen molar-refractivity contribution in [2.45, 2.75) is 0 Å². The SMILES string of the molecule is Clc1cccc(N(c2cccc(N(c3ccc(-c4ccccc4)cc3)c3ccc(-c4ccc(-c5cc(Cl)cc(N(c6cccc(N(c7ccc8c(c7)sc7ccccc78)c7ccc8c(c7)sc7ccccc78)c6)c6ccc7sc8ccccc8c7c6)c5)cc4)cc3)c2)c2ccc3sc4ccccc4c3c2)c1. The first kappa shape index (κ1) is 63.8. The van der Waals surface area contributed by atoms with E-state index in [-0.39, 0.29) is 0 Å². The van der Waals surface area contributed by atoms with Crippen LogP contribution in [0.4, 0.5) is 68.2 Å². The van der Waals surface area contributed by atoms with Gasteiger partial charge in [-0.2, -0.15) is 0 Å². The molecule has 0 aliphatic carbocycles. The standard InChI is InChI=1S/C96H60Cl2N4S4/c97-67-17-12-18-71(53-67)100(76-45-49-93-87(57-76)83-25-6-10-29-91(83)103-93)73-20-13-19-72(55-73)99(69-39-35-63(36-40-69)61-15-2-1-3-16-61)70-41-37-64(38-42-70)62-31-33-65(34-32-62)66-51-68(98)54-80(52-66)102(77-46-50-94-88(58-77)84-26-7-11-30-92(84)104-94)75-22-14-21-74(56-75)101(78-43-47-85-81-23-4-8-27-89(81)105-95(85)59-78)79-44-48-86-82-24-5-9-28-90(82)106-96(86)60-79/h1-60H. The lowest BCUT2D eigenvalue weighted by molar-refractivity contribution is 1.25. The van der Waals surface area contributed by atoms with Gasteiger partial charge in [-0.15, -0.1) is 45.3 Å². The fraction of sp³-hybridized carbons (Fsp3) is 0. The third-order valence-electron chi connectivity index (χ3n) is 20.3. The van der Waals surface area contributed by atoms with E-state index in [1.54, 1.807) is 0 Å². The van der Waals surface area contributed by atoms with Gasteiger partial charge in [0.2, 0.25) is 0 Å². The van der Waals surface area contributed by atoms with Crippen LogP contribution in [0.2, 0.25) is 10.0 Å². The Bertz CT molecular complexity index is 6670. The van der Waals surface area contributed by atoms with Gasteiger partial charge in [-0.3, -0.25) is 0 Å². The first-order chi connectivity index (χ1) is 52.3. The zero-order valence-electron chi connectivity index (χ0n) is 56.8. The number of rotatable bonds is 15. The van der Waals surface area contributed by atoms with Crippen LogP contribution in [0.1, 0.15) is 0 Å². The fourth-order valence-corrected chi connectivity index (χ4v) is 20.2. The first-order valence-electron chi connectivity index (χ1n) is 35.3. The predicted molar refractivity (Wildman–Crippen MR) is 463 cm³/mol. The summed E-state index contributed by atoms with van der Waals surface area (Å²) in [5.41, 5.74) is 18.8. The summed E-state index contributed by atoms with van der Waals surface area (Å²) in [6, 6.07) is 132. The van der Waals surface area contributed by atoms with Crippen molar-refractivity contribution in [3.8, 4) is 33.4 Å². The monoisotopic (exact) mass is 1470 g/mol. The molecule has 0 saturated carbocycles. The molecule has 0 fully saturated rings. The van der Waals surface area contributed by atoms with Crippen LogP contribution < -0.4 is 19.6 Å². The molecule has 10 heteroatoms. The number of benzene rings is 16. The van der Waals surface area contributed by atoms with E-state index in [9.17, 15) is 0 Å². The average molecular weight is 1470 g/mol. The van der Waals surface area contributed by atoms with Gasteiger partial charge in [0.25, 0.3) is 0 Å². The molecule has 0 radical (unpaired) electrons. The minimum absolute atomic E-state index is 0.640. The average Bonchev–Trinajstić information content (AvgIpc) is 1.52. The lowest BCUT2D eigenvalue weighted by Gasteiger charge is -2.30. The molecule has 20 aromatic rings. The highest BCUT2D eigenvalue weighted by molar-refractivity contribution is 7.27. The van der Waals surface area contributed by atoms with Crippen LogP contribution in [0.5, 0.6) is 0 Å². The van der Waals surface area contributed by atoms with Crippen molar-refractivity contribution in [3.05, 3.63) is 374 Å². The molecule has 0 spiro atoms. The topological polar surface area (TPSA) is 13.0 Å². The van der Waals surface area contributed by atoms with Gasteiger partial charge in [0.05, 0.1) is 0 Å². The Morgan fingerprint density at radius 2 is 0.443 bits per heavy atom. The molecule has 0 aliphatic rings. The van der Waals surface area contributed by atoms with E-state index in [1.165, 1.54) is 86.3 Å². The van der Waals surface area contributed by atoms with E-state index in [4.69, 9.17) is 23.2 Å². The first-order valence-corrected chi connectivity index (χ1v) is 39.3. The van der Waals surface area contributed by atoms with Crippen molar-refractivity contribution in [3.63, 3.8) is 0 Å². The molecule has 0 atom stereocenters. The number of halogens is 2. The summed E-state index contributed by atoms with van der Waals surface area (Å²) >= 11 is 21.6. The Balaban J connectivity index is 0.663. The normalized spacial score (nSPS) is 11.7. The highest BCUT2D eigenvalue weighted by atomic mass is 35.5. The van der Waals surface area contributed by atoms with E-state index < -0.39 is 0 Å². The molecule has 0 saturated heterocycles. The van der Waals surface area contributed by atoms with Crippen molar-refractivity contribution in [2.75, 3.05) is 19.6 Å². The Labute approximate surface area is 639 Å². The smallest absolute Gasteiger partial charge is 0.0482 e. The lowest BCUT2D eigenvalue weighted by Crippen LogP contribution is -2.13. The van der Waals surface area contributed by atoms with Gasteiger partial charge in [-0.25, -0.2) is 0 Å². The second-order valence-electron chi connectivity index (χ2n) is 26.7. The van der Waals surface area contributed by atoms with E-state index in [1.807, 2.05) is 63.5 Å². The van der Waals surface area contributed by atoms with Crippen LogP contribution in [0.25, 0.3) is 114 Å². The minimum Gasteiger partial charge on any atom is -0.310 e. The van der Waals surface area contributed by atoms with Gasteiger partial charge in [0.1, 0.15) is 0 Å². The molecular weight excluding hydrogens is 1410 g/mol. The van der Waals surface area contributed by atoms with Crippen molar-refractivity contribution in [1.29, 1.82) is 0 Å². The lowest BCUT2D eigenvalue weighted by atomic mass is 9.99. The molecule has 0 N–H and O–H groups in total. The van der Waals surface area contributed by atoms with Gasteiger partial charge >= 0.3 is 0 Å². The number of thiophene rings is 4. The van der Waals surface area contributed by atoms with Crippen LogP contribution in [0, 0.1) is 0 Å². The van der Waals surface area contributed by atoms with Crippen molar-refractivity contribution < 1.29 is 0 Å². The maximum absolute atomic E-state index is 7.44. The predicted octanol–water partition coefficient (Wildman–Crippen LogP) is 31.3. The summed E-state index contributed by atoms with van der Waals surface area (Å²) in [5.74, 6) is 0.